The molecular weight excluding hydrogens is 321 g/mol. The van der Waals surface area contributed by atoms with Crippen molar-refractivity contribution < 1.29 is 17.6 Å². The van der Waals surface area contributed by atoms with Gasteiger partial charge in [-0.3, -0.25) is 4.79 Å². The molecule has 2 heterocycles. The number of halogens is 1. The average molecular weight is 337 g/mol. The first-order chi connectivity index (χ1) is 11.0. The quantitative estimate of drug-likeness (QED) is 0.827. The van der Waals surface area contributed by atoms with Crippen LogP contribution in [0, 0.1) is 5.82 Å². The largest absolute Gasteiger partial charge is 0.336 e. The van der Waals surface area contributed by atoms with E-state index >= 15 is 0 Å². The van der Waals surface area contributed by atoms with Crippen LogP contribution in [0.5, 0.6) is 0 Å². The van der Waals surface area contributed by atoms with Crippen molar-refractivity contribution in [1.82, 2.24) is 14.7 Å². The van der Waals surface area contributed by atoms with E-state index in [0.29, 0.717) is 13.0 Å². The molecule has 0 radical (unpaired) electrons. The summed E-state index contributed by atoms with van der Waals surface area (Å²) in [7, 11) is -3.08. The van der Waals surface area contributed by atoms with Gasteiger partial charge in [0, 0.05) is 19.3 Å². The zero-order valence-corrected chi connectivity index (χ0v) is 13.2. The van der Waals surface area contributed by atoms with Crippen LogP contribution in [0.1, 0.15) is 16.9 Å². The van der Waals surface area contributed by atoms with Gasteiger partial charge < -0.3 is 4.90 Å². The Balaban J connectivity index is 1.80. The van der Waals surface area contributed by atoms with Gasteiger partial charge >= 0.3 is 0 Å². The second kappa shape index (κ2) is 6.11. The number of para-hydroxylation sites is 1. The molecule has 8 heteroatoms. The van der Waals surface area contributed by atoms with Gasteiger partial charge in [0.05, 0.1) is 11.5 Å². The van der Waals surface area contributed by atoms with Crippen LogP contribution in [0.25, 0.3) is 5.69 Å². The smallest absolute Gasteiger partial charge is 0.274 e. The molecule has 2 aromatic rings. The Morgan fingerprint density at radius 2 is 1.91 bits per heavy atom. The molecule has 0 unspecified atom stereocenters. The summed E-state index contributed by atoms with van der Waals surface area (Å²) in [5, 5.41) is 4.12. The lowest BCUT2D eigenvalue weighted by molar-refractivity contribution is 0.0762. The molecule has 6 nitrogen and oxygen atoms in total. The van der Waals surface area contributed by atoms with Crippen molar-refractivity contribution in [3.05, 3.63) is 48.0 Å². The van der Waals surface area contributed by atoms with Gasteiger partial charge in [0.1, 0.15) is 11.5 Å². The number of sulfone groups is 1. The number of rotatable bonds is 2. The van der Waals surface area contributed by atoms with Crippen LogP contribution in [0.3, 0.4) is 0 Å². The molecule has 23 heavy (non-hydrogen) atoms. The van der Waals surface area contributed by atoms with E-state index in [4.69, 9.17) is 0 Å². The molecule has 0 N–H and O–H groups in total. The van der Waals surface area contributed by atoms with Gasteiger partial charge in [0.25, 0.3) is 5.91 Å². The fourth-order valence-electron chi connectivity index (χ4n) is 2.51. The van der Waals surface area contributed by atoms with Crippen molar-refractivity contribution in [3.63, 3.8) is 0 Å². The highest BCUT2D eigenvalue weighted by Crippen LogP contribution is 2.14. The van der Waals surface area contributed by atoms with Gasteiger partial charge in [-0.15, -0.1) is 0 Å². The Kier molecular flexibility index (Phi) is 4.16. The molecule has 1 aliphatic heterocycles. The highest BCUT2D eigenvalue weighted by molar-refractivity contribution is 7.91. The average Bonchev–Trinajstić information content (AvgIpc) is 2.92. The number of benzene rings is 1. The zero-order valence-electron chi connectivity index (χ0n) is 12.4. The monoisotopic (exact) mass is 337 g/mol. The fourth-order valence-corrected chi connectivity index (χ4v) is 3.78. The van der Waals surface area contributed by atoms with Gasteiger partial charge in [0.15, 0.2) is 15.5 Å². The highest BCUT2D eigenvalue weighted by Gasteiger charge is 2.24. The number of hydrogen-bond donors (Lipinski definition) is 0. The third kappa shape index (κ3) is 3.42. The first-order valence-electron chi connectivity index (χ1n) is 7.26. The number of amides is 1. The summed E-state index contributed by atoms with van der Waals surface area (Å²) in [6.07, 6.45) is 1.93. The minimum atomic E-state index is -3.08. The van der Waals surface area contributed by atoms with Crippen LogP contribution in [0.2, 0.25) is 0 Å². The number of carbonyl (C=O) groups is 1. The third-order valence-electron chi connectivity index (χ3n) is 3.75. The normalized spacial score (nSPS) is 17.7. The van der Waals surface area contributed by atoms with Crippen molar-refractivity contribution in [3.8, 4) is 5.69 Å². The predicted octanol–water partition coefficient (Wildman–Crippen LogP) is 1.27. The lowest BCUT2D eigenvalue weighted by Crippen LogP contribution is -2.34. The molecule has 0 atom stereocenters. The maximum atomic E-state index is 13.8. The van der Waals surface area contributed by atoms with Crippen molar-refractivity contribution >= 4 is 15.7 Å². The van der Waals surface area contributed by atoms with Crippen molar-refractivity contribution in [2.24, 2.45) is 0 Å². The molecule has 1 saturated heterocycles. The van der Waals surface area contributed by atoms with Crippen LogP contribution >= 0.6 is 0 Å². The summed E-state index contributed by atoms with van der Waals surface area (Å²) in [4.78, 5) is 13.9. The van der Waals surface area contributed by atoms with Crippen LogP contribution in [-0.2, 0) is 9.84 Å². The van der Waals surface area contributed by atoms with Crippen molar-refractivity contribution in [2.75, 3.05) is 24.6 Å². The first-order valence-corrected chi connectivity index (χ1v) is 9.09. The molecule has 1 aromatic heterocycles. The SMILES string of the molecule is O=C(c1ccn(-c2ccccc2F)n1)N1CCCS(=O)(=O)CC1. The summed E-state index contributed by atoms with van der Waals surface area (Å²) >= 11 is 0. The van der Waals surface area contributed by atoms with Crippen molar-refractivity contribution in [1.29, 1.82) is 0 Å². The van der Waals surface area contributed by atoms with E-state index in [0.717, 1.165) is 0 Å². The van der Waals surface area contributed by atoms with E-state index in [1.807, 2.05) is 0 Å². The molecule has 0 bridgehead atoms. The molecule has 0 aliphatic carbocycles. The molecule has 122 valence electrons. The van der Waals surface area contributed by atoms with Gasteiger partial charge in [-0.25, -0.2) is 17.5 Å². The van der Waals surface area contributed by atoms with Crippen molar-refractivity contribution in [2.45, 2.75) is 6.42 Å². The van der Waals surface area contributed by atoms with Gasteiger partial charge in [0.2, 0.25) is 0 Å². The molecule has 1 amide bonds. The summed E-state index contributed by atoms with van der Waals surface area (Å²) < 4.78 is 38.3. The summed E-state index contributed by atoms with van der Waals surface area (Å²) in [5.41, 5.74) is 0.428. The van der Waals surface area contributed by atoms with E-state index in [2.05, 4.69) is 5.10 Å². The summed E-state index contributed by atoms with van der Waals surface area (Å²) in [6, 6.07) is 7.65. The van der Waals surface area contributed by atoms with E-state index < -0.39 is 15.7 Å². The van der Waals surface area contributed by atoms with E-state index in [1.54, 1.807) is 18.2 Å². The number of carbonyl (C=O) groups excluding carboxylic acids is 1. The summed E-state index contributed by atoms with van der Waals surface area (Å²) in [5.74, 6) is -0.708. The minimum Gasteiger partial charge on any atom is -0.336 e. The van der Waals surface area contributed by atoms with Crippen LogP contribution in [0.15, 0.2) is 36.5 Å². The number of nitrogens with zero attached hydrogens (tertiary/aromatic N) is 3. The third-order valence-corrected chi connectivity index (χ3v) is 5.47. The Bertz CT molecular complexity index is 832. The number of hydrogen-bond acceptors (Lipinski definition) is 4. The second-order valence-electron chi connectivity index (χ2n) is 5.39. The Morgan fingerprint density at radius 3 is 2.70 bits per heavy atom. The Labute approximate surface area is 133 Å². The van der Waals surface area contributed by atoms with Crippen LogP contribution < -0.4 is 0 Å². The first kappa shape index (κ1) is 15.7. The van der Waals surface area contributed by atoms with Gasteiger partial charge in [-0.05, 0) is 24.6 Å². The van der Waals surface area contributed by atoms with Gasteiger partial charge in [-0.1, -0.05) is 12.1 Å². The van der Waals surface area contributed by atoms with E-state index in [1.165, 1.54) is 27.9 Å². The lowest BCUT2D eigenvalue weighted by Gasteiger charge is -2.18. The minimum absolute atomic E-state index is 0.0350. The van der Waals surface area contributed by atoms with E-state index in [9.17, 15) is 17.6 Å². The van der Waals surface area contributed by atoms with Crippen LogP contribution in [-0.4, -0.2) is 53.6 Å². The predicted molar refractivity (Wildman–Crippen MR) is 82.7 cm³/mol. The zero-order chi connectivity index (χ0) is 16.4. The maximum Gasteiger partial charge on any atom is 0.274 e. The summed E-state index contributed by atoms with van der Waals surface area (Å²) in [6.45, 7) is 0.540. The topological polar surface area (TPSA) is 72.3 Å². The standard InChI is InChI=1S/C15H16FN3O3S/c16-12-4-1-2-5-14(12)19-8-6-13(17-19)15(20)18-7-3-10-23(21,22)11-9-18/h1-2,4-6,8H,3,7,9-11H2. The lowest BCUT2D eigenvalue weighted by atomic mass is 10.3. The maximum absolute atomic E-state index is 13.8. The molecule has 1 fully saturated rings. The van der Waals surface area contributed by atoms with Gasteiger partial charge in [-0.2, -0.15) is 5.10 Å². The molecular formula is C15H16FN3O3S. The molecule has 0 spiro atoms. The Morgan fingerprint density at radius 1 is 1.13 bits per heavy atom. The molecule has 1 aromatic carbocycles. The highest BCUT2D eigenvalue weighted by atomic mass is 32.2. The van der Waals surface area contributed by atoms with E-state index in [-0.39, 0.29) is 35.3 Å². The molecule has 1 aliphatic rings. The molecule has 0 saturated carbocycles. The number of aromatic nitrogens is 2. The second-order valence-corrected chi connectivity index (χ2v) is 7.70. The molecule has 3 rings (SSSR count). The van der Waals surface area contributed by atoms with Crippen LogP contribution in [0.4, 0.5) is 4.39 Å². The fraction of sp³-hybridized carbons (Fsp3) is 0.333. The Hall–Kier alpha value is -2.22.